The molecule has 2 rings (SSSR count). The average Bonchev–Trinajstić information content (AvgIpc) is 2.70. The zero-order valence-electron chi connectivity index (χ0n) is 8.37. The molecule has 0 unspecified atom stereocenters. The molecule has 2 aromatic rings. The molecule has 14 heavy (non-hydrogen) atoms. The Morgan fingerprint density at radius 2 is 2.29 bits per heavy atom. The number of benzene rings is 1. The molecular weight excluding hydrogens is 190 g/mol. The molecule has 0 saturated heterocycles. The highest BCUT2D eigenvalue weighted by molar-refractivity contribution is 7.07. The van der Waals surface area contributed by atoms with Crippen LogP contribution in [0.2, 0.25) is 0 Å². The van der Waals surface area contributed by atoms with E-state index in [1.807, 2.05) is 5.38 Å². The highest BCUT2D eigenvalue weighted by atomic mass is 32.1. The molecule has 0 amide bonds. The van der Waals surface area contributed by atoms with E-state index < -0.39 is 0 Å². The fraction of sp³-hybridized carbons (Fsp3) is 0.250. The molecule has 1 radical (unpaired) electrons. The van der Waals surface area contributed by atoms with Crippen molar-refractivity contribution in [1.29, 1.82) is 0 Å². The van der Waals surface area contributed by atoms with Crippen molar-refractivity contribution >= 4 is 11.3 Å². The molecule has 0 aliphatic rings. The first-order chi connectivity index (χ1) is 6.81. The van der Waals surface area contributed by atoms with E-state index in [0.29, 0.717) is 0 Å². The van der Waals surface area contributed by atoms with Crippen LogP contribution in [-0.4, -0.2) is 4.98 Å². The van der Waals surface area contributed by atoms with Gasteiger partial charge in [-0.2, -0.15) is 0 Å². The minimum atomic E-state index is 1.03. The molecular formula is C12H12NS. The van der Waals surface area contributed by atoms with Crippen molar-refractivity contribution in [3.63, 3.8) is 0 Å². The summed E-state index contributed by atoms with van der Waals surface area (Å²) in [6.45, 7) is 4.33. The van der Waals surface area contributed by atoms with Gasteiger partial charge in [0.2, 0.25) is 0 Å². The Balaban J connectivity index is 2.43. The fourth-order valence-corrected chi connectivity index (χ4v) is 2.07. The smallest absolute Gasteiger partial charge is 0.152 e. The molecule has 0 bridgehead atoms. The van der Waals surface area contributed by atoms with Crippen LogP contribution in [0.3, 0.4) is 0 Å². The summed E-state index contributed by atoms with van der Waals surface area (Å²) in [5, 5.41) is 2.03. The minimum absolute atomic E-state index is 1.03. The quantitative estimate of drug-likeness (QED) is 0.726. The van der Waals surface area contributed by atoms with Crippen molar-refractivity contribution in [2.75, 3.05) is 0 Å². The van der Waals surface area contributed by atoms with E-state index in [-0.39, 0.29) is 0 Å². The van der Waals surface area contributed by atoms with Crippen molar-refractivity contribution in [2.24, 2.45) is 0 Å². The van der Waals surface area contributed by atoms with Gasteiger partial charge in [0.15, 0.2) is 5.51 Å². The molecule has 1 aromatic carbocycles. The van der Waals surface area contributed by atoms with Gasteiger partial charge in [0, 0.05) is 10.9 Å². The third-order valence-electron chi connectivity index (χ3n) is 2.41. The van der Waals surface area contributed by atoms with Gasteiger partial charge in [0.25, 0.3) is 0 Å². The molecule has 0 aliphatic carbocycles. The molecule has 0 atom stereocenters. The Kier molecular flexibility index (Phi) is 2.64. The number of hydrogen-bond donors (Lipinski definition) is 0. The average molecular weight is 202 g/mol. The molecule has 71 valence electrons. The topological polar surface area (TPSA) is 12.9 Å². The zero-order valence-corrected chi connectivity index (χ0v) is 9.19. The van der Waals surface area contributed by atoms with Crippen LogP contribution in [0.1, 0.15) is 18.1 Å². The van der Waals surface area contributed by atoms with Gasteiger partial charge < -0.3 is 0 Å². The first-order valence-corrected chi connectivity index (χ1v) is 5.60. The van der Waals surface area contributed by atoms with Crippen LogP contribution in [0.25, 0.3) is 11.3 Å². The Bertz CT molecular complexity index is 418. The van der Waals surface area contributed by atoms with Crippen LogP contribution in [0.15, 0.2) is 23.6 Å². The summed E-state index contributed by atoms with van der Waals surface area (Å²) < 4.78 is 0. The molecule has 0 fully saturated rings. The lowest BCUT2D eigenvalue weighted by Crippen LogP contribution is -1.87. The van der Waals surface area contributed by atoms with Crippen LogP contribution in [-0.2, 0) is 6.42 Å². The van der Waals surface area contributed by atoms with Crippen molar-refractivity contribution in [1.82, 2.24) is 4.98 Å². The monoisotopic (exact) mass is 202 g/mol. The molecule has 0 spiro atoms. The van der Waals surface area contributed by atoms with Crippen molar-refractivity contribution in [3.8, 4) is 11.3 Å². The Morgan fingerprint density at radius 1 is 1.43 bits per heavy atom. The lowest BCUT2D eigenvalue weighted by Gasteiger charge is -2.04. The summed E-state index contributed by atoms with van der Waals surface area (Å²) in [7, 11) is 0. The largest absolute Gasteiger partial charge is 0.233 e. The minimum Gasteiger partial charge on any atom is -0.233 e. The molecule has 0 N–H and O–H groups in total. The predicted molar refractivity (Wildman–Crippen MR) is 60.5 cm³/mol. The SMILES string of the molecule is CCc1ccc(-c2cs[c]n2)cc1C. The van der Waals surface area contributed by atoms with E-state index >= 15 is 0 Å². The third-order valence-corrected chi connectivity index (χ3v) is 2.95. The van der Waals surface area contributed by atoms with E-state index in [0.717, 1.165) is 12.1 Å². The summed E-state index contributed by atoms with van der Waals surface area (Å²) in [4.78, 5) is 4.18. The van der Waals surface area contributed by atoms with Crippen LogP contribution < -0.4 is 0 Å². The molecule has 2 heteroatoms. The van der Waals surface area contributed by atoms with Gasteiger partial charge in [-0.15, -0.1) is 11.3 Å². The Labute approximate surface area is 88.4 Å². The number of thiazole rings is 1. The second-order valence-electron chi connectivity index (χ2n) is 3.32. The van der Waals surface area contributed by atoms with Crippen molar-refractivity contribution < 1.29 is 0 Å². The maximum atomic E-state index is 4.18. The van der Waals surface area contributed by atoms with Crippen LogP contribution in [0.5, 0.6) is 0 Å². The Hall–Kier alpha value is -1.15. The van der Waals surface area contributed by atoms with E-state index in [1.165, 1.54) is 28.0 Å². The standard InChI is InChI=1S/C12H12NS/c1-3-10-4-5-11(6-9(10)2)12-7-14-8-13-12/h4-7H,3H2,1-2H3. The van der Waals surface area contributed by atoms with E-state index in [1.54, 1.807) is 0 Å². The summed E-state index contributed by atoms with van der Waals surface area (Å²) in [5.74, 6) is 0. The normalized spacial score (nSPS) is 10.4. The van der Waals surface area contributed by atoms with Gasteiger partial charge in [0.05, 0.1) is 5.69 Å². The second-order valence-corrected chi connectivity index (χ2v) is 3.97. The van der Waals surface area contributed by atoms with Gasteiger partial charge in [-0.25, -0.2) is 4.98 Å². The van der Waals surface area contributed by atoms with Gasteiger partial charge in [-0.1, -0.05) is 19.1 Å². The predicted octanol–water partition coefficient (Wildman–Crippen LogP) is 3.48. The lowest BCUT2D eigenvalue weighted by atomic mass is 10.0. The maximum Gasteiger partial charge on any atom is 0.152 e. The van der Waals surface area contributed by atoms with Gasteiger partial charge in [-0.05, 0) is 30.5 Å². The summed E-state index contributed by atoms with van der Waals surface area (Å²) in [6, 6.07) is 6.51. The molecule has 0 aliphatic heterocycles. The molecule has 1 aromatic heterocycles. The molecule has 0 saturated carbocycles. The van der Waals surface area contributed by atoms with E-state index in [9.17, 15) is 0 Å². The lowest BCUT2D eigenvalue weighted by molar-refractivity contribution is 1.11. The summed E-state index contributed by atoms with van der Waals surface area (Å²) in [6.07, 6.45) is 1.09. The summed E-state index contributed by atoms with van der Waals surface area (Å²) in [5.41, 5.74) is 7.84. The van der Waals surface area contributed by atoms with Crippen molar-refractivity contribution in [2.45, 2.75) is 20.3 Å². The number of rotatable bonds is 2. The number of aryl methyl sites for hydroxylation is 2. The summed E-state index contributed by atoms with van der Waals surface area (Å²) >= 11 is 1.51. The highest BCUT2D eigenvalue weighted by Crippen LogP contribution is 2.21. The van der Waals surface area contributed by atoms with Crippen LogP contribution >= 0.6 is 11.3 Å². The first kappa shape index (κ1) is 9.41. The highest BCUT2D eigenvalue weighted by Gasteiger charge is 2.02. The Morgan fingerprint density at radius 3 is 2.86 bits per heavy atom. The second kappa shape index (κ2) is 3.93. The van der Waals surface area contributed by atoms with Crippen LogP contribution in [0, 0.1) is 12.4 Å². The first-order valence-electron chi connectivity index (χ1n) is 4.72. The zero-order chi connectivity index (χ0) is 9.97. The number of nitrogens with zero attached hydrogens (tertiary/aromatic N) is 1. The number of aromatic nitrogens is 1. The molecule has 1 nitrogen and oxygen atoms in total. The van der Waals surface area contributed by atoms with Crippen molar-refractivity contribution in [3.05, 3.63) is 40.2 Å². The van der Waals surface area contributed by atoms with Gasteiger partial charge >= 0.3 is 0 Å². The van der Waals surface area contributed by atoms with Crippen LogP contribution in [0.4, 0.5) is 0 Å². The van der Waals surface area contributed by atoms with Gasteiger partial charge in [-0.3, -0.25) is 0 Å². The fourth-order valence-electron chi connectivity index (χ4n) is 1.57. The van der Waals surface area contributed by atoms with E-state index in [4.69, 9.17) is 0 Å². The van der Waals surface area contributed by atoms with E-state index in [2.05, 4.69) is 42.5 Å². The maximum absolute atomic E-state index is 4.18. The third kappa shape index (κ3) is 1.70. The molecule has 1 heterocycles. The number of hydrogen-bond acceptors (Lipinski definition) is 2. The van der Waals surface area contributed by atoms with Gasteiger partial charge in [0.1, 0.15) is 0 Å².